The summed E-state index contributed by atoms with van der Waals surface area (Å²) in [7, 11) is 1.05. The maximum Gasteiger partial charge on any atom is 0.348 e. The molecule has 5 N–H and O–H groups in total. The van der Waals surface area contributed by atoms with Gasteiger partial charge in [0, 0.05) is 18.4 Å². The lowest BCUT2D eigenvalue weighted by molar-refractivity contribution is -0.255. The first kappa shape index (κ1) is 33.9. The molecule has 2 saturated heterocycles. The average Bonchev–Trinajstić information content (AvgIpc) is 3.29. The number of esters is 4. The standard InChI is InChI=1S/C32H42N2O12/c1-14(2)10-20(36)45-23-25-31-13-43-32(25,29(41)42-5)26(38)21(37)24(31)30(4)12-18(35)22(46-27(39)17(34)8-6-7-9-33)15(3)16(30)11-19(31)44-28(23)40/h10,16-17,19,23-26,38H,6-9,11-13,33-34H2,1-5H3/t16-,17-,19+,23+,24?,25+,26-,30-,31+,32-/m0/s1. The molecule has 2 aliphatic heterocycles. The number of ketones is 2. The summed E-state index contributed by atoms with van der Waals surface area (Å²) in [6, 6.07) is -0.981. The normalized spacial score (nSPS) is 38.2. The van der Waals surface area contributed by atoms with Crippen molar-refractivity contribution in [1.82, 2.24) is 0 Å². The summed E-state index contributed by atoms with van der Waals surface area (Å²) in [5.74, 6) is -8.48. The zero-order chi connectivity index (χ0) is 33.9. The molecule has 0 aromatic heterocycles. The van der Waals surface area contributed by atoms with Crippen molar-refractivity contribution >= 4 is 35.4 Å². The van der Waals surface area contributed by atoms with E-state index in [1.54, 1.807) is 27.7 Å². The Labute approximate surface area is 266 Å². The fourth-order valence-corrected chi connectivity index (χ4v) is 8.91. The van der Waals surface area contributed by atoms with Gasteiger partial charge in [-0.2, -0.15) is 0 Å². The molecule has 252 valence electrons. The summed E-state index contributed by atoms with van der Waals surface area (Å²) in [4.78, 5) is 80.9. The lowest BCUT2D eigenvalue weighted by Crippen LogP contribution is -2.78. The summed E-state index contributed by atoms with van der Waals surface area (Å²) >= 11 is 0. The van der Waals surface area contributed by atoms with Gasteiger partial charge in [0.2, 0.25) is 11.7 Å². The first-order valence-electron chi connectivity index (χ1n) is 15.5. The second kappa shape index (κ2) is 12.0. The SMILES string of the molecule is COC(=O)[C@@]12OC[C@]34C(C(=O)[C@@H]1O)[C@@]1(C)CC(=O)C(OC(=O)[C@@H](N)CCCCN)=C(C)[C@@H]1C[C@H]3OC(=O)[C@H](OC(=O)C=C(C)C)[C@@H]24. The first-order valence-corrected chi connectivity index (χ1v) is 15.5. The third kappa shape index (κ3) is 4.75. The van der Waals surface area contributed by atoms with Crippen LogP contribution in [0.3, 0.4) is 0 Å². The number of fused-ring (bicyclic) bond motifs is 2. The van der Waals surface area contributed by atoms with Gasteiger partial charge in [-0.3, -0.25) is 9.59 Å². The molecule has 0 amide bonds. The fourth-order valence-electron chi connectivity index (χ4n) is 8.91. The van der Waals surface area contributed by atoms with Gasteiger partial charge >= 0.3 is 23.9 Å². The summed E-state index contributed by atoms with van der Waals surface area (Å²) in [5.41, 5.74) is 7.43. The van der Waals surface area contributed by atoms with Gasteiger partial charge in [0.1, 0.15) is 12.1 Å². The largest absolute Gasteiger partial charge is 0.467 e. The van der Waals surface area contributed by atoms with Crippen molar-refractivity contribution in [2.45, 2.75) is 89.8 Å². The molecule has 2 saturated carbocycles. The molecule has 0 radical (unpaired) electrons. The predicted octanol–water partition coefficient (Wildman–Crippen LogP) is 0.167. The molecular weight excluding hydrogens is 604 g/mol. The van der Waals surface area contributed by atoms with E-state index in [9.17, 15) is 33.9 Å². The van der Waals surface area contributed by atoms with Crippen LogP contribution >= 0.6 is 0 Å². The van der Waals surface area contributed by atoms with Gasteiger partial charge in [-0.05, 0) is 63.5 Å². The van der Waals surface area contributed by atoms with E-state index in [0.717, 1.165) is 13.2 Å². The topological polar surface area (TPSA) is 221 Å². The van der Waals surface area contributed by atoms with E-state index in [4.69, 9.17) is 35.2 Å². The molecule has 1 unspecified atom stereocenters. The highest BCUT2D eigenvalue weighted by molar-refractivity contribution is 6.02. The zero-order valence-corrected chi connectivity index (χ0v) is 26.7. The highest BCUT2D eigenvalue weighted by atomic mass is 16.6. The number of carbonyl (C=O) groups is 6. The summed E-state index contributed by atoms with van der Waals surface area (Å²) in [5, 5.41) is 11.6. The fraction of sp³-hybridized carbons (Fsp3) is 0.688. The second-order valence-electron chi connectivity index (χ2n) is 13.6. The van der Waals surface area contributed by atoms with E-state index >= 15 is 0 Å². The monoisotopic (exact) mass is 646 g/mol. The average molecular weight is 647 g/mol. The molecular formula is C32H42N2O12. The predicted molar refractivity (Wildman–Crippen MR) is 156 cm³/mol. The van der Waals surface area contributed by atoms with E-state index in [0.29, 0.717) is 37.0 Å². The number of Topliss-reactive ketones (excluding diaryl/α,β-unsaturated/α-hetero) is 2. The van der Waals surface area contributed by atoms with Crippen LogP contribution in [0.25, 0.3) is 0 Å². The zero-order valence-electron chi connectivity index (χ0n) is 26.7. The van der Waals surface area contributed by atoms with Crippen LogP contribution in [0.5, 0.6) is 0 Å². The molecule has 1 spiro atoms. The number of ether oxygens (including phenoxy) is 5. The molecule has 14 nitrogen and oxygen atoms in total. The third-order valence-corrected chi connectivity index (χ3v) is 10.7. The van der Waals surface area contributed by atoms with Crippen molar-refractivity contribution in [2.24, 2.45) is 40.1 Å². The molecule has 46 heavy (non-hydrogen) atoms. The molecule has 10 atom stereocenters. The first-order chi connectivity index (χ1) is 21.6. The molecule has 14 heteroatoms. The molecule has 0 aromatic rings. The van der Waals surface area contributed by atoms with Crippen LogP contribution in [0.4, 0.5) is 0 Å². The van der Waals surface area contributed by atoms with E-state index in [1.165, 1.54) is 0 Å². The Kier molecular flexibility index (Phi) is 8.81. The molecule has 2 bridgehead atoms. The van der Waals surface area contributed by atoms with Gasteiger partial charge in [0.25, 0.3) is 0 Å². The number of aliphatic hydroxyl groups excluding tert-OH is 1. The third-order valence-electron chi connectivity index (χ3n) is 10.7. The van der Waals surface area contributed by atoms with E-state index in [2.05, 4.69) is 0 Å². The molecule has 0 aromatic carbocycles. The Morgan fingerprint density at radius 3 is 2.50 bits per heavy atom. The number of hydrogen-bond acceptors (Lipinski definition) is 14. The van der Waals surface area contributed by atoms with Crippen molar-refractivity contribution in [3.05, 3.63) is 23.0 Å². The number of unbranched alkanes of at least 4 members (excludes halogenated alkanes) is 1. The Hall–Kier alpha value is -3.46. The molecule has 4 fully saturated rings. The molecule has 5 aliphatic rings. The number of allylic oxidation sites excluding steroid dienone is 3. The van der Waals surface area contributed by atoms with Crippen LogP contribution in [0, 0.1) is 28.6 Å². The minimum atomic E-state index is -2.37. The van der Waals surface area contributed by atoms with Crippen LogP contribution in [-0.2, 0) is 52.5 Å². The summed E-state index contributed by atoms with van der Waals surface area (Å²) < 4.78 is 28.2. The molecule has 2 heterocycles. The minimum absolute atomic E-state index is 0.0661. The van der Waals surface area contributed by atoms with Crippen LogP contribution in [0.2, 0.25) is 0 Å². The van der Waals surface area contributed by atoms with Crippen molar-refractivity contribution < 1.29 is 57.6 Å². The van der Waals surface area contributed by atoms with Gasteiger partial charge < -0.3 is 40.3 Å². The smallest absolute Gasteiger partial charge is 0.348 e. The highest BCUT2D eigenvalue weighted by Crippen LogP contribution is 2.72. The number of methoxy groups -OCH3 is 1. The van der Waals surface area contributed by atoms with E-state index < -0.39 is 94.0 Å². The van der Waals surface area contributed by atoms with Crippen molar-refractivity contribution in [1.29, 1.82) is 0 Å². The van der Waals surface area contributed by atoms with Gasteiger partial charge in [-0.15, -0.1) is 0 Å². The van der Waals surface area contributed by atoms with Crippen LogP contribution in [0.15, 0.2) is 23.0 Å². The molecule has 5 rings (SSSR count). The number of aliphatic hydroxyl groups is 1. The van der Waals surface area contributed by atoms with E-state index in [-0.39, 0.29) is 25.2 Å². The second-order valence-corrected chi connectivity index (χ2v) is 13.6. The summed E-state index contributed by atoms with van der Waals surface area (Å²) in [6.45, 7) is 6.75. The Balaban J connectivity index is 1.60. The van der Waals surface area contributed by atoms with Gasteiger partial charge in [-0.25, -0.2) is 19.2 Å². The number of carbonyl (C=O) groups excluding carboxylic acids is 6. The Morgan fingerprint density at radius 1 is 1.17 bits per heavy atom. The number of hydrogen-bond donors (Lipinski definition) is 3. The van der Waals surface area contributed by atoms with Gasteiger partial charge in [0.15, 0.2) is 23.4 Å². The highest BCUT2D eigenvalue weighted by Gasteiger charge is 2.85. The Bertz CT molecular complexity index is 1430. The lowest BCUT2D eigenvalue weighted by atomic mass is 9.38. The summed E-state index contributed by atoms with van der Waals surface area (Å²) in [6.07, 6.45) is -2.39. The maximum absolute atomic E-state index is 14.3. The van der Waals surface area contributed by atoms with Crippen LogP contribution < -0.4 is 11.5 Å². The van der Waals surface area contributed by atoms with Gasteiger partial charge in [0.05, 0.1) is 25.0 Å². The maximum atomic E-state index is 14.3. The van der Waals surface area contributed by atoms with Gasteiger partial charge in [-0.1, -0.05) is 18.9 Å². The number of nitrogens with two attached hydrogens (primary N) is 2. The lowest BCUT2D eigenvalue weighted by Gasteiger charge is -2.65. The van der Waals surface area contributed by atoms with Crippen molar-refractivity contribution in [3.8, 4) is 0 Å². The molecule has 3 aliphatic carbocycles. The quantitative estimate of drug-likeness (QED) is 0.132. The number of rotatable bonds is 9. The van der Waals surface area contributed by atoms with Crippen molar-refractivity contribution in [2.75, 3.05) is 20.3 Å². The minimum Gasteiger partial charge on any atom is -0.467 e. The Morgan fingerprint density at radius 2 is 1.87 bits per heavy atom. The van der Waals surface area contributed by atoms with Crippen LogP contribution in [-0.4, -0.2) is 90.8 Å². The van der Waals surface area contributed by atoms with E-state index in [1.807, 2.05) is 0 Å². The van der Waals surface area contributed by atoms with Crippen molar-refractivity contribution in [3.63, 3.8) is 0 Å². The van der Waals surface area contributed by atoms with Crippen LogP contribution in [0.1, 0.15) is 59.8 Å².